The second-order valence-electron chi connectivity index (χ2n) is 5.03. The summed E-state index contributed by atoms with van der Waals surface area (Å²) in [5.74, 6) is 0. The fraction of sp³-hybridized carbons (Fsp3) is 0.375. The van der Waals surface area contributed by atoms with Crippen LogP contribution in [0.5, 0.6) is 0 Å². The van der Waals surface area contributed by atoms with Gasteiger partial charge in [0.05, 0.1) is 4.90 Å². The van der Waals surface area contributed by atoms with Crippen molar-refractivity contribution in [1.82, 2.24) is 0 Å². The maximum absolute atomic E-state index is 11.4. The summed E-state index contributed by atoms with van der Waals surface area (Å²) < 4.78 is 34.3. The molecule has 0 spiro atoms. The molecule has 2 aromatic rings. The molecule has 0 bridgehead atoms. The van der Waals surface area contributed by atoms with Gasteiger partial charge in [-0.05, 0) is 35.2 Å². The van der Waals surface area contributed by atoms with Crippen LogP contribution in [0.15, 0.2) is 41.3 Å². The van der Waals surface area contributed by atoms with Gasteiger partial charge in [-0.1, -0.05) is 56.5 Å². The van der Waals surface area contributed by atoms with E-state index in [9.17, 15) is 13.0 Å². The smallest absolute Gasteiger partial charge is 0.744 e. The monoisotopic (exact) mass is 330 g/mol. The Bertz CT molecular complexity index is 696. The van der Waals surface area contributed by atoms with E-state index in [0.717, 1.165) is 36.5 Å². The van der Waals surface area contributed by atoms with Gasteiger partial charge in [0.1, 0.15) is 10.1 Å². The molecule has 3 nitrogen and oxygen atoms in total. The van der Waals surface area contributed by atoms with Crippen molar-refractivity contribution in [2.45, 2.75) is 43.9 Å². The van der Waals surface area contributed by atoms with Crippen molar-refractivity contribution in [3.05, 3.63) is 42.0 Å². The third-order valence-corrected chi connectivity index (χ3v) is 4.47. The minimum absolute atomic E-state index is 0. The van der Waals surface area contributed by atoms with Gasteiger partial charge in [-0.15, -0.1) is 0 Å². The predicted octanol–water partition coefficient (Wildman–Crippen LogP) is 0.871. The quantitative estimate of drug-likeness (QED) is 0.449. The molecule has 0 saturated carbocycles. The van der Waals surface area contributed by atoms with Crippen LogP contribution in [0.4, 0.5) is 0 Å². The zero-order chi connectivity index (χ0) is 14.6. The Morgan fingerprint density at radius 2 is 1.71 bits per heavy atom. The van der Waals surface area contributed by atoms with E-state index >= 15 is 0 Å². The SMILES string of the molecule is CCCCCCc1c(S(=O)(=O)[O-])ccc2ccccc12.[K+]. The van der Waals surface area contributed by atoms with Crippen LogP contribution < -0.4 is 51.4 Å². The topological polar surface area (TPSA) is 57.2 Å². The zero-order valence-corrected chi connectivity index (χ0v) is 16.6. The van der Waals surface area contributed by atoms with Gasteiger partial charge < -0.3 is 4.55 Å². The number of rotatable bonds is 6. The van der Waals surface area contributed by atoms with Crippen LogP contribution in [0, 0.1) is 0 Å². The average Bonchev–Trinajstić information content (AvgIpc) is 2.42. The Hall–Kier alpha value is 0.246. The molecule has 5 heteroatoms. The molecule has 0 unspecified atom stereocenters. The molecule has 2 aromatic carbocycles. The van der Waals surface area contributed by atoms with Crippen LogP contribution in [0.3, 0.4) is 0 Å². The number of fused-ring (bicyclic) bond motifs is 1. The van der Waals surface area contributed by atoms with E-state index in [4.69, 9.17) is 0 Å². The van der Waals surface area contributed by atoms with E-state index in [2.05, 4.69) is 6.92 Å². The Kier molecular flexibility index (Phi) is 8.06. The second-order valence-corrected chi connectivity index (χ2v) is 6.38. The van der Waals surface area contributed by atoms with Crippen LogP contribution in [0.2, 0.25) is 0 Å². The third-order valence-electron chi connectivity index (χ3n) is 3.55. The number of unbranched alkanes of at least 4 members (excludes halogenated alkanes) is 3. The van der Waals surface area contributed by atoms with Crippen LogP contribution in [0.1, 0.15) is 38.2 Å². The first kappa shape index (κ1) is 19.3. The predicted molar refractivity (Wildman–Crippen MR) is 79.8 cm³/mol. The van der Waals surface area contributed by atoms with Gasteiger partial charge in [0.25, 0.3) is 0 Å². The van der Waals surface area contributed by atoms with Crippen LogP contribution in [-0.2, 0) is 16.5 Å². The van der Waals surface area contributed by atoms with Gasteiger partial charge >= 0.3 is 51.4 Å². The van der Waals surface area contributed by atoms with Gasteiger partial charge in [-0.2, -0.15) is 0 Å². The summed E-state index contributed by atoms with van der Waals surface area (Å²) in [6.45, 7) is 2.13. The zero-order valence-electron chi connectivity index (χ0n) is 12.6. The first-order chi connectivity index (χ1) is 9.54. The van der Waals surface area contributed by atoms with E-state index in [-0.39, 0.29) is 56.3 Å². The first-order valence-corrected chi connectivity index (χ1v) is 8.41. The molecule has 108 valence electrons. The summed E-state index contributed by atoms with van der Waals surface area (Å²) in [6.07, 6.45) is 4.85. The molecule has 0 aliphatic heterocycles. The molecule has 2 rings (SSSR count). The van der Waals surface area contributed by atoms with Crippen molar-refractivity contribution in [3.8, 4) is 0 Å². The van der Waals surface area contributed by atoms with Crippen molar-refractivity contribution >= 4 is 20.9 Å². The summed E-state index contributed by atoms with van der Waals surface area (Å²) >= 11 is 0. The number of aryl methyl sites for hydroxylation is 1. The van der Waals surface area contributed by atoms with Crippen molar-refractivity contribution in [2.75, 3.05) is 0 Å². The molecule has 0 aliphatic carbocycles. The van der Waals surface area contributed by atoms with E-state index in [1.165, 1.54) is 6.07 Å². The first-order valence-electron chi connectivity index (χ1n) is 7.00. The van der Waals surface area contributed by atoms with Crippen molar-refractivity contribution in [1.29, 1.82) is 0 Å². The number of hydrogen-bond acceptors (Lipinski definition) is 3. The molecule has 0 aliphatic rings. The average molecular weight is 330 g/mol. The standard InChI is InChI=1S/C16H20O3S.K/c1-2-3-4-5-10-15-14-9-7-6-8-13(14)11-12-16(15)20(17,18)19;/h6-9,11-12H,2-5,10H2,1H3,(H,17,18,19);/q;+1/p-1. The van der Waals surface area contributed by atoms with E-state index in [1.54, 1.807) is 6.07 Å². The van der Waals surface area contributed by atoms with Crippen molar-refractivity contribution in [2.24, 2.45) is 0 Å². The second kappa shape index (κ2) is 8.77. The molecule has 0 N–H and O–H groups in total. The molecule has 0 aromatic heterocycles. The minimum Gasteiger partial charge on any atom is -0.744 e. The summed E-state index contributed by atoms with van der Waals surface area (Å²) in [5.41, 5.74) is 0.675. The van der Waals surface area contributed by atoms with E-state index in [1.807, 2.05) is 24.3 Å². The molecule has 21 heavy (non-hydrogen) atoms. The fourth-order valence-corrected chi connectivity index (χ4v) is 3.29. The van der Waals surface area contributed by atoms with Gasteiger partial charge in [0, 0.05) is 0 Å². The molecule has 0 amide bonds. The van der Waals surface area contributed by atoms with Crippen molar-refractivity contribution < 1.29 is 64.4 Å². The summed E-state index contributed by atoms with van der Waals surface area (Å²) in [5, 5.41) is 1.85. The van der Waals surface area contributed by atoms with Crippen molar-refractivity contribution in [3.63, 3.8) is 0 Å². The maximum atomic E-state index is 11.4. The normalized spacial score (nSPS) is 11.3. The van der Waals surface area contributed by atoms with E-state index in [0.29, 0.717) is 12.0 Å². The Morgan fingerprint density at radius 1 is 1.00 bits per heavy atom. The Labute approximate surface area is 169 Å². The minimum atomic E-state index is -4.42. The van der Waals surface area contributed by atoms with Gasteiger partial charge in [0.15, 0.2) is 0 Å². The molecule has 0 radical (unpaired) electrons. The Balaban J connectivity index is 0.00000220. The van der Waals surface area contributed by atoms with Gasteiger partial charge in [-0.25, -0.2) is 8.42 Å². The maximum Gasteiger partial charge on any atom is 1.00 e. The molecular weight excluding hydrogens is 311 g/mol. The van der Waals surface area contributed by atoms with E-state index < -0.39 is 10.1 Å². The van der Waals surface area contributed by atoms with Crippen LogP contribution in [0.25, 0.3) is 10.8 Å². The summed E-state index contributed by atoms with van der Waals surface area (Å²) in [6, 6.07) is 10.8. The fourth-order valence-electron chi connectivity index (χ4n) is 2.54. The van der Waals surface area contributed by atoms with Crippen LogP contribution in [-0.4, -0.2) is 13.0 Å². The van der Waals surface area contributed by atoms with Gasteiger partial charge in [-0.3, -0.25) is 0 Å². The Morgan fingerprint density at radius 3 is 2.38 bits per heavy atom. The molecular formula is C16H19KO3S. The van der Waals surface area contributed by atoms with Crippen LogP contribution >= 0.6 is 0 Å². The molecule has 0 fully saturated rings. The molecule has 0 atom stereocenters. The molecule has 0 heterocycles. The number of hydrogen-bond donors (Lipinski definition) is 0. The largest absolute Gasteiger partial charge is 1.00 e. The molecule has 0 saturated heterocycles. The summed E-state index contributed by atoms with van der Waals surface area (Å²) in [4.78, 5) is -0.0623. The van der Waals surface area contributed by atoms with Gasteiger partial charge in [0.2, 0.25) is 0 Å². The summed E-state index contributed by atoms with van der Waals surface area (Å²) in [7, 11) is -4.42. The number of benzene rings is 2. The third kappa shape index (κ3) is 5.13.